The molecule has 3 heteroatoms. The first kappa shape index (κ1) is 37.5. The van der Waals surface area contributed by atoms with Crippen molar-refractivity contribution in [1.82, 2.24) is 0 Å². The SMILES string of the molecule is c1ccc(-c2ccc(N(c3ccc(-c4cccc5c4oc4ccccc45)cc3)c3cccc4oc5c(-c6ccc7c8ccccc8c8ccccc8c7c6)c6ccccc6cc5c34)cc2)cc1. The van der Waals surface area contributed by atoms with Crippen LogP contribution in [0.15, 0.2) is 245 Å². The topological polar surface area (TPSA) is 29.5 Å². The smallest absolute Gasteiger partial charge is 0.143 e. The van der Waals surface area contributed by atoms with E-state index in [2.05, 4.69) is 229 Å². The summed E-state index contributed by atoms with van der Waals surface area (Å²) in [6.45, 7) is 0. The lowest BCUT2D eigenvalue weighted by Crippen LogP contribution is -2.10. The lowest BCUT2D eigenvalue weighted by Gasteiger charge is -2.26. The van der Waals surface area contributed by atoms with E-state index in [1.54, 1.807) is 0 Å². The number of benzene rings is 12. The number of hydrogen-bond acceptors (Lipinski definition) is 3. The average Bonchev–Trinajstić information content (AvgIpc) is 3.97. The van der Waals surface area contributed by atoms with Gasteiger partial charge in [-0.2, -0.15) is 0 Å². The minimum absolute atomic E-state index is 0.834. The van der Waals surface area contributed by atoms with Gasteiger partial charge in [-0.1, -0.05) is 182 Å². The fraction of sp³-hybridized carbons (Fsp3) is 0. The monoisotopic (exact) mass is 853 g/mol. The van der Waals surface area contributed by atoms with Gasteiger partial charge in [-0.3, -0.25) is 0 Å². The highest BCUT2D eigenvalue weighted by Gasteiger charge is 2.24. The Hall–Kier alpha value is -8.92. The van der Waals surface area contributed by atoms with E-state index in [1.165, 1.54) is 37.9 Å². The van der Waals surface area contributed by atoms with Gasteiger partial charge >= 0.3 is 0 Å². The van der Waals surface area contributed by atoms with Gasteiger partial charge < -0.3 is 13.7 Å². The average molecular weight is 854 g/mol. The molecule has 0 spiro atoms. The second-order valence-electron chi connectivity index (χ2n) is 17.5. The molecular weight excluding hydrogens is 815 g/mol. The molecule has 0 unspecified atom stereocenters. The van der Waals surface area contributed by atoms with Crippen molar-refractivity contribution < 1.29 is 8.83 Å². The van der Waals surface area contributed by atoms with Gasteiger partial charge in [0.1, 0.15) is 22.3 Å². The van der Waals surface area contributed by atoms with Crippen LogP contribution in [0, 0.1) is 0 Å². The number of hydrogen-bond donors (Lipinski definition) is 0. The molecule has 0 saturated heterocycles. The van der Waals surface area contributed by atoms with E-state index in [1.807, 2.05) is 12.1 Å². The third-order valence-electron chi connectivity index (χ3n) is 13.8. The van der Waals surface area contributed by atoms with E-state index >= 15 is 0 Å². The molecule has 0 fully saturated rings. The largest absolute Gasteiger partial charge is 0.455 e. The number of anilines is 3. The van der Waals surface area contributed by atoms with Gasteiger partial charge in [0.05, 0.1) is 11.1 Å². The number of furan rings is 2. The van der Waals surface area contributed by atoms with Crippen LogP contribution in [0.2, 0.25) is 0 Å². The quantitative estimate of drug-likeness (QED) is 0.156. The molecule has 0 atom stereocenters. The van der Waals surface area contributed by atoms with Crippen LogP contribution in [0.4, 0.5) is 17.1 Å². The van der Waals surface area contributed by atoms with Gasteiger partial charge in [-0.05, 0) is 120 Å². The minimum atomic E-state index is 0.834. The summed E-state index contributed by atoms with van der Waals surface area (Å²) in [5.74, 6) is 0. The van der Waals surface area contributed by atoms with Gasteiger partial charge in [-0.25, -0.2) is 0 Å². The molecule has 67 heavy (non-hydrogen) atoms. The predicted octanol–water partition coefficient (Wildman–Crippen LogP) is 18.6. The molecule has 0 radical (unpaired) electrons. The first-order valence-electron chi connectivity index (χ1n) is 22.9. The molecule has 0 amide bonds. The third kappa shape index (κ3) is 5.85. The second-order valence-corrected chi connectivity index (χ2v) is 17.5. The van der Waals surface area contributed by atoms with E-state index in [0.29, 0.717) is 0 Å². The molecule has 0 saturated carbocycles. The fourth-order valence-corrected chi connectivity index (χ4v) is 10.8. The predicted molar refractivity (Wildman–Crippen MR) is 282 cm³/mol. The number of rotatable bonds is 6. The Morgan fingerprint density at radius 1 is 0.284 bits per heavy atom. The van der Waals surface area contributed by atoms with Crippen LogP contribution in [-0.4, -0.2) is 0 Å². The molecule has 0 aliphatic heterocycles. The zero-order valence-corrected chi connectivity index (χ0v) is 36.3. The molecule has 0 N–H and O–H groups in total. The Balaban J connectivity index is 0.986. The van der Waals surface area contributed by atoms with Crippen molar-refractivity contribution >= 4 is 104 Å². The number of nitrogens with zero attached hydrogens (tertiary/aromatic N) is 1. The van der Waals surface area contributed by atoms with Crippen molar-refractivity contribution in [1.29, 1.82) is 0 Å². The zero-order chi connectivity index (χ0) is 44.0. The lowest BCUT2D eigenvalue weighted by atomic mass is 9.90. The van der Waals surface area contributed by atoms with E-state index in [9.17, 15) is 0 Å². The van der Waals surface area contributed by atoms with Crippen LogP contribution >= 0.6 is 0 Å². The van der Waals surface area contributed by atoms with Crippen molar-refractivity contribution in [2.24, 2.45) is 0 Å². The lowest BCUT2D eigenvalue weighted by molar-refractivity contribution is 0.670. The van der Waals surface area contributed by atoms with Crippen LogP contribution in [0.5, 0.6) is 0 Å². The molecule has 2 heterocycles. The highest BCUT2D eigenvalue weighted by Crippen LogP contribution is 2.48. The minimum Gasteiger partial charge on any atom is -0.455 e. The number of fused-ring (bicyclic) bond motifs is 13. The summed E-state index contributed by atoms with van der Waals surface area (Å²) in [7, 11) is 0. The fourth-order valence-electron chi connectivity index (χ4n) is 10.8. The van der Waals surface area contributed by atoms with Crippen molar-refractivity contribution in [3.05, 3.63) is 237 Å². The van der Waals surface area contributed by atoms with Crippen LogP contribution in [-0.2, 0) is 0 Å². The summed E-state index contributed by atoms with van der Waals surface area (Å²) in [5, 5.41) is 14.2. The zero-order valence-electron chi connectivity index (χ0n) is 36.3. The Morgan fingerprint density at radius 2 is 0.806 bits per heavy atom. The summed E-state index contributed by atoms with van der Waals surface area (Å²) >= 11 is 0. The summed E-state index contributed by atoms with van der Waals surface area (Å²) in [4.78, 5) is 2.37. The molecule has 312 valence electrons. The summed E-state index contributed by atoms with van der Waals surface area (Å²) in [5.41, 5.74) is 13.3. The van der Waals surface area contributed by atoms with Crippen LogP contribution in [0.25, 0.3) is 120 Å². The van der Waals surface area contributed by atoms with Crippen molar-refractivity contribution in [3.8, 4) is 33.4 Å². The Morgan fingerprint density at radius 3 is 1.54 bits per heavy atom. The summed E-state index contributed by atoms with van der Waals surface area (Å²) in [6, 6.07) is 85.1. The second kappa shape index (κ2) is 14.8. The molecular formula is C64H39NO2. The third-order valence-corrected chi connectivity index (χ3v) is 13.8. The molecule has 14 aromatic rings. The van der Waals surface area contributed by atoms with E-state index in [4.69, 9.17) is 8.83 Å². The van der Waals surface area contributed by atoms with E-state index in [0.717, 1.165) is 99.5 Å². The molecule has 14 rings (SSSR count). The first-order valence-corrected chi connectivity index (χ1v) is 22.9. The van der Waals surface area contributed by atoms with Crippen molar-refractivity contribution in [3.63, 3.8) is 0 Å². The van der Waals surface area contributed by atoms with Gasteiger partial charge in [0.2, 0.25) is 0 Å². The molecule has 0 aliphatic rings. The molecule has 12 aromatic carbocycles. The maximum atomic E-state index is 7.16. The van der Waals surface area contributed by atoms with Crippen LogP contribution in [0.3, 0.4) is 0 Å². The van der Waals surface area contributed by atoms with Crippen molar-refractivity contribution in [2.45, 2.75) is 0 Å². The van der Waals surface area contributed by atoms with Gasteiger partial charge in [0, 0.05) is 38.7 Å². The van der Waals surface area contributed by atoms with Crippen LogP contribution < -0.4 is 4.90 Å². The molecule has 2 aromatic heterocycles. The van der Waals surface area contributed by atoms with Crippen LogP contribution in [0.1, 0.15) is 0 Å². The molecule has 0 bridgehead atoms. The van der Waals surface area contributed by atoms with Gasteiger partial charge in [0.15, 0.2) is 0 Å². The maximum Gasteiger partial charge on any atom is 0.143 e. The highest BCUT2D eigenvalue weighted by atomic mass is 16.3. The maximum absolute atomic E-state index is 7.16. The highest BCUT2D eigenvalue weighted by molar-refractivity contribution is 6.27. The normalized spacial score (nSPS) is 11.9. The standard InChI is InChI=1S/C64H39NO2/c1-2-14-40(15-3-1)41-28-33-45(34-29-41)65(46-35-30-42(31-36-46)48-23-12-24-55-54-22-10-11-26-59(54)66-63(48)55)58-25-13-27-60-62(58)57-38-43-16-4-5-17-47(43)61(64(57)67-60)44-32-37-53-51-20-7-6-18-49(51)50-19-8-9-21-52(50)56(53)39-44/h1-39H. The molecule has 0 aliphatic carbocycles. The summed E-state index contributed by atoms with van der Waals surface area (Å²) in [6.07, 6.45) is 0. The van der Waals surface area contributed by atoms with Gasteiger partial charge in [0.25, 0.3) is 0 Å². The number of para-hydroxylation sites is 2. The summed E-state index contributed by atoms with van der Waals surface area (Å²) < 4.78 is 13.7. The Bertz CT molecular complexity index is 4220. The Kier molecular flexibility index (Phi) is 8.28. The van der Waals surface area contributed by atoms with E-state index in [-0.39, 0.29) is 0 Å². The van der Waals surface area contributed by atoms with Crippen molar-refractivity contribution in [2.75, 3.05) is 4.90 Å². The van der Waals surface area contributed by atoms with Gasteiger partial charge in [-0.15, -0.1) is 0 Å². The first-order chi connectivity index (χ1) is 33.2. The van der Waals surface area contributed by atoms with E-state index < -0.39 is 0 Å². The Labute approximate surface area is 386 Å². The molecule has 3 nitrogen and oxygen atoms in total.